The molecule has 452 valence electrons. The van der Waals surface area contributed by atoms with Gasteiger partial charge in [-0.05, 0) is 19.3 Å². The molecule has 1 atom stereocenters. The van der Waals surface area contributed by atoms with E-state index in [-0.39, 0.29) is 31.1 Å². The molecular formula is C70H136O6. The summed E-state index contributed by atoms with van der Waals surface area (Å²) < 4.78 is 16.8. The smallest absolute Gasteiger partial charge is 0.306 e. The fourth-order valence-electron chi connectivity index (χ4n) is 11.1. The Morgan fingerprint density at radius 3 is 0.526 bits per heavy atom. The Hall–Kier alpha value is -1.59. The molecule has 0 saturated heterocycles. The molecule has 0 bridgehead atoms. The average molecular weight is 1070 g/mol. The minimum absolute atomic E-state index is 0.0621. The van der Waals surface area contributed by atoms with Crippen LogP contribution in [0.15, 0.2) is 0 Å². The molecule has 0 fully saturated rings. The van der Waals surface area contributed by atoms with Gasteiger partial charge >= 0.3 is 17.9 Å². The van der Waals surface area contributed by atoms with Crippen LogP contribution in [0.4, 0.5) is 0 Å². The molecule has 0 aliphatic rings. The Morgan fingerprint density at radius 2 is 0.355 bits per heavy atom. The zero-order chi connectivity index (χ0) is 55.0. The monoisotopic (exact) mass is 1070 g/mol. The summed E-state index contributed by atoms with van der Waals surface area (Å²) in [5.41, 5.74) is 0. The van der Waals surface area contributed by atoms with E-state index in [4.69, 9.17) is 14.2 Å². The third kappa shape index (κ3) is 63.2. The van der Waals surface area contributed by atoms with Gasteiger partial charge in [0.15, 0.2) is 6.10 Å². The number of carbonyl (C=O) groups is 3. The van der Waals surface area contributed by atoms with E-state index in [1.165, 1.54) is 308 Å². The summed E-state index contributed by atoms with van der Waals surface area (Å²) in [4.78, 5) is 38.0. The van der Waals surface area contributed by atoms with Crippen molar-refractivity contribution in [3.8, 4) is 0 Å². The van der Waals surface area contributed by atoms with Gasteiger partial charge in [-0.25, -0.2) is 0 Å². The van der Waals surface area contributed by atoms with Gasteiger partial charge in [0.25, 0.3) is 0 Å². The maximum absolute atomic E-state index is 12.9. The van der Waals surface area contributed by atoms with Gasteiger partial charge in [-0.2, -0.15) is 0 Å². The van der Waals surface area contributed by atoms with Gasteiger partial charge in [0.05, 0.1) is 0 Å². The lowest BCUT2D eigenvalue weighted by atomic mass is 10.0. The number of unbranched alkanes of at least 4 members (excludes halogenated alkanes) is 55. The summed E-state index contributed by atoms with van der Waals surface area (Å²) in [6.45, 7) is 6.65. The molecular weight excluding hydrogens is 937 g/mol. The molecule has 0 amide bonds. The Bertz CT molecular complexity index is 1140. The van der Waals surface area contributed by atoms with Crippen LogP contribution in [0.3, 0.4) is 0 Å². The zero-order valence-corrected chi connectivity index (χ0v) is 52.1. The van der Waals surface area contributed by atoms with Gasteiger partial charge in [0.1, 0.15) is 13.2 Å². The van der Waals surface area contributed by atoms with Crippen LogP contribution < -0.4 is 0 Å². The predicted octanol–water partition coefficient (Wildman–Crippen LogP) is 23.8. The van der Waals surface area contributed by atoms with E-state index >= 15 is 0 Å². The van der Waals surface area contributed by atoms with Crippen LogP contribution >= 0.6 is 0 Å². The largest absolute Gasteiger partial charge is 0.462 e. The third-order valence-electron chi connectivity index (χ3n) is 16.4. The van der Waals surface area contributed by atoms with Gasteiger partial charge in [0.2, 0.25) is 0 Å². The molecule has 0 aromatic heterocycles. The van der Waals surface area contributed by atoms with Crippen LogP contribution in [0.5, 0.6) is 0 Å². The molecule has 76 heavy (non-hydrogen) atoms. The average Bonchev–Trinajstić information content (AvgIpc) is 3.42. The van der Waals surface area contributed by atoms with Crippen LogP contribution in [-0.4, -0.2) is 37.2 Å². The topological polar surface area (TPSA) is 78.9 Å². The molecule has 0 rings (SSSR count). The molecule has 0 aliphatic carbocycles. The highest BCUT2D eigenvalue weighted by molar-refractivity contribution is 5.71. The Morgan fingerprint density at radius 1 is 0.211 bits per heavy atom. The summed E-state index contributed by atoms with van der Waals surface area (Å²) in [6, 6.07) is 0. The molecule has 0 saturated carbocycles. The van der Waals surface area contributed by atoms with Crippen molar-refractivity contribution in [3.63, 3.8) is 0 Å². The normalized spacial score (nSPS) is 11.9. The van der Waals surface area contributed by atoms with Gasteiger partial charge in [-0.3, -0.25) is 14.4 Å². The van der Waals surface area contributed by atoms with Crippen LogP contribution in [0.1, 0.15) is 412 Å². The molecule has 0 aromatic carbocycles. The molecule has 0 N–H and O–H groups in total. The summed E-state index contributed by atoms with van der Waals surface area (Å²) >= 11 is 0. The first-order chi connectivity index (χ1) is 37.5. The maximum atomic E-state index is 12.9. The first-order valence-electron chi connectivity index (χ1n) is 35.0. The SMILES string of the molecule is CCCCCCCCCCCCCCCCCCCCCCCCCCCCCC(=O)OCC(COC(=O)CCCCCCC)OC(=O)CCCCCCCCCCCCCCCCCCCCCCCCCCCC. The Labute approximate surface area is 476 Å². The van der Waals surface area contributed by atoms with Crippen molar-refractivity contribution in [3.05, 3.63) is 0 Å². The number of hydrogen-bond donors (Lipinski definition) is 0. The number of esters is 3. The van der Waals surface area contributed by atoms with Crippen molar-refractivity contribution in [1.82, 2.24) is 0 Å². The van der Waals surface area contributed by atoms with Gasteiger partial charge in [-0.15, -0.1) is 0 Å². The van der Waals surface area contributed by atoms with Crippen molar-refractivity contribution in [2.45, 2.75) is 419 Å². The maximum Gasteiger partial charge on any atom is 0.306 e. The summed E-state index contributed by atoms with van der Waals surface area (Å²) in [7, 11) is 0. The lowest BCUT2D eigenvalue weighted by Crippen LogP contribution is -2.30. The summed E-state index contributed by atoms with van der Waals surface area (Å²) in [5, 5.41) is 0. The molecule has 0 radical (unpaired) electrons. The van der Waals surface area contributed by atoms with Crippen LogP contribution in [0.25, 0.3) is 0 Å². The Kier molecular flexibility index (Phi) is 64.5. The van der Waals surface area contributed by atoms with Gasteiger partial charge in [0, 0.05) is 19.3 Å². The number of carbonyl (C=O) groups excluding carboxylic acids is 3. The van der Waals surface area contributed by atoms with Crippen molar-refractivity contribution in [2.75, 3.05) is 13.2 Å². The molecule has 6 nitrogen and oxygen atoms in total. The van der Waals surface area contributed by atoms with E-state index in [2.05, 4.69) is 20.8 Å². The lowest BCUT2D eigenvalue weighted by Gasteiger charge is -2.18. The lowest BCUT2D eigenvalue weighted by molar-refractivity contribution is -0.167. The van der Waals surface area contributed by atoms with E-state index in [0.29, 0.717) is 19.3 Å². The fraction of sp³-hybridized carbons (Fsp3) is 0.957. The molecule has 0 aliphatic heterocycles. The van der Waals surface area contributed by atoms with E-state index in [1.54, 1.807) is 0 Å². The quantitative estimate of drug-likeness (QED) is 0.0343. The van der Waals surface area contributed by atoms with Crippen LogP contribution in [-0.2, 0) is 28.6 Å². The number of rotatable bonds is 66. The second-order valence-electron chi connectivity index (χ2n) is 24.2. The molecule has 1 unspecified atom stereocenters. The minimum atomic E-state index is -0.761. The number of ether oxygens (including phenoxy) is 3. The fourth-order valence-corrected chi connectivity index (χ4v) is 11.1. The highest BCUT2D eigenvalue weighted by Gasteiger charge is 2.19. The highest BCUT2D eigenvalue weighted by atomic mass is 16.6. The van der Waals surface area contributed by atoms with E-state index in [0.717, 1.165) is 64.2 Å². The van der Waals surface area contributed by atoms with Crippen LogP contribution in [0, 0.1) is 0 Å². The summed E-state index contributed by atoms with van der Waals surface area (Å²) in [5.74, 6) is -0.843. The first kappa shape index (κ1) is 74.4. The number of hydrogen-bond acceptors (Lipinski definition) is 6. The highest BCUT2D eigenvalue weighted by Crippen LogP contribution is 2.19. The zero-order valence-electron chi connectivity index (χ0n) is 52.1. The summed E-state index contributed by atoms with van der Waals surface area (Å²) in [6.07, 6.45) is 77.7. The van der Waals surface area contributed by atoms with E-state index < -0.39 is 6.10 Å². The molecule has 0 spiro atoms. The van der Waals surface area contributed by atoms with Crippen LogP contribution in [0.2, 0.25) is 0 Å². The second kappa shape index (κ2) is 65.9. The second-order valence-corrected chi connectivity index (χ2v) is 24.2. The van der Waals surface area contributed by atoms with Gasteiger partial charge < -0.3 is 14.2 Å². The first-order valence-corrected chi connectivity index (χ1v) is 35.0. The van der Waals surface area contributed by atoms with Crippen molar-refractivity contribution in [1.29, 1.82) is 0 Å². The van der Waals surface area contributed by atoms with Crippen molar-refractivity contribution >= 4 is 17.9 Å². The predicted molar refractivity (Wildman–Crippen MR) is 330 cm³/mol. The van der Waals surface area contributed by atoms with Crippen molar-refractivity contribution in [2.24, 2.45) is 0 Å². The minimum Gasteiger partial charge on any atom is -0.462 e. The van der Waals surface area contributed by atoms with E-state index in [9.17, 15) is 14.4 Å². The molecule has 6 heteroatoms. The molecule has 0 heterocycles. The Balaban J connectivity index is 3.90. The third-order valence-corrected chi connectivity index (χ3v) is 16.4. The molecule has 0 aromatic rings. The van der Waals surface area contributed by atoms with Gasteiger partial charge in [-0.1, -0.05) is 374 Å². The van der Waals surface area contributed by atoms with E-state index in [1.807, 2.05) is 0 Å². The standard InChI is InChI=1S/C70H136O6/c1-4-7-10-13-15-17-19-21-23-25-27-29-31-33-35-37-38-40-42-44-46-48-50-52-54-57-60-63-69(72)75-66-67(65-74-68(71)62-59-56-12-9-6-3)76-70(73)64-61-58-55-53-51-49-47-45-43-41-39-36-34-32-30-28-26-24-22-20-18-16-14-11-8-5-2/h67H,4-66H2,1-3H3. The van der Waals surface area contributed by atoms with Crippen molar-refractivity contribution < 1.29 is 28.6 Å².